The van der Waals surface area contributed by atoms with Crippen LogP contribution in [-0.2, 0) is 0 Å². The topological polar surface area (TPSA) is 32.7 Å². The summed E-state index contributed by atoms with van der Waals surface area (Å²) in [4.78, 5) is 2.44. The minimum Gasteiger partial charge on any atom is -0.491 e. The van der Waals surface area contributed by atoms with Crippen molar-refractivity contribution in [3.63, 3.8) is 0 Å². The summed E-state index contributed by atoms with van der Waals surface area (Å²) in [6, 6.07) is 7.88. The Kier molecular flexibility index (Phi) is 4.51. The SMILES string of the molecule is CC(C)Oc1ccc(C(O)CN2CC3CCCC3C2)cc1. The normalized spacial score (nSPS) is 27.0. The van der Waals surface area contributed by atoms with Gasteiger partial charge in [-0.15, -0.1) is 0 Å². The molecule has 3 nitrogen and oxygen atoms in total. The van der Waals surface area contributed by atoms with Gasteiger partial charge in [0.1, 0.15) is 5.75 Å². The summed E-state index contributed by atoms with van der Waals surface area (Å²) < 4.78 is 5.64. The zero-order valence-corrected chi connectivity index (χ0v) is 13.2. The maximum absolute atomic E-state index is 10.4. The molecule has 3 atom stereocenters. The molecule has 3 rings (SSSR count). The summed E-state index contributed by atoms with van der Waals surface area (Å²) in [5.74, 6) is 2.65. The molecular formula is C18H27NO2. The van der Waals surface area contributed by atoms with Crippen molar-refractivity contribution in [2.45, 2.75) is 45.3 Å². The first kappa shape index (κ1) is 14.9. The number of aliphatic hydroxyl groups excluding tert-OH is 1. The highest BCUT2D eigenvalue weighted by molar-refractivity contribution is 5.28. The van der Waals surface area contributed by atoms with Crippen LogP contribution in [0.2, 0.25) is 0 Å². The van der Waals surface area contributed by atoms with Gasteiger partial charge < -0.3 is 9.84 Å². The zero-order chi connectivity index (χ0) is 14.8. The fourth-order valence-electron chi connectivity index (χ4n) is 3.87. The predicted octanol–water partition coefficient (Wildman–Crippen LogP) is 3.24. The lowest BCUT2D eigenvalue weighted by atomic mass is 10.0. The molecule has 3 heteroatoms. The zero-order valence-electron chi connectivity index (χ0n) is 13.2. The monoisotopic (exact) mass is 289 g/mol. The molecule has 0 aromatic heterocycles. The van der Waals surface area contributed by atoms with Gasteiger partial charge in [-0.3, -0.25) is 4.90 Å². The van der Waals surface area contributed by atoms with Crippen LogP contribution < -0.4 is 4.74 Å². The lowest BCUT2D eigenvalue weighted by Crippen LogP contribution is -2.27. The van der Waals surface area contributed by atoms with Gasteiger partial charge in [-0.1, -0.05) is 18.6 Å². The van der Waals surface area contributed by atoms with E-state index in [-0.39, 0.29) is 6.10 Å². The molecule has 1 aliphatic carbocycles. The quantitative estimate of drug-likeness (QED) is 0.903. The van der Waals surface area contributed by atoms with Crippen molar-refractivity contribution in [1.82, 2.24) is 4.90 Å². The molecule has 1 N–H and O–H groups in total. The molecule has 0 amide bonds. The van der Waals surface area contributed by atoms with E-state index in [2.05, 4.69) is 4.90 Å². The fraction of sp³-hybridized carbons (Fsp3) is 0.667. The summed E-state index contributed by atoms with van der Waals surface area (Å²) in [6.45, 7) is 7.16. The van der Waals surface area contributed by atoms with Gasteiger partial charge in [0, 0.05) is 19.6 Å². The molecule has 21 heavy (non-hydrogen) atoms. The lowest BCUT2D eigenvalue weighted by molar-refractivity contribution is 0.122. The molecule has 0 spiro atoms. The van der Waals surface area contributed by atoms with Gasteiger partial charge in [0.05, 0.1) is 12.2 Å². The number of fused-ring (bicyclic) bond motifs is 1. The molecule has 2 aliphatic rings. The molecule has 1 aromatic carbocycles. The lowest BCUT2D eigenvalue weighted by Gasteiger charge is -2.21. The predicted molar refractivity (Wildman–Crippen MR) is 84.4 cm³/mol. The molecule has 2 fully saturated rings. The Hall–Kier alpha value is -1.06. The van der Waals surface area contributed by atoms with Crippen LogP contribution in [0.15, 0.2) is 24.3 Å². The minimum atomic E-state index is -0.392. The number of nitrogens with zero attached hydrogens (tertiary/aromatic N) is 1. The van der Waals surface area contributed by atoms with Crippen LogP contribution in [0.5, 0.6) is 5.75 Å². The van der Waals surface area contributed by atoms with E-state index in [0.29, 0.717) is 0 Å². The molecule has 1 saturated carbocycles. The highest BCUT2D eigenvalue weighted by Gasteiger charge is 2.36. The largest absolute Gasteiger partial charge is 0.491 e. The van der Waals surface area contributed by atoms with Crippen LogP contribution in [0.4, 0.5) is 0 Å². The van der Waals surface area contributed by atoms with E-state index < -0.39 is 6.10 Å². The Morgan fingerprint density at radius 1 is 1.14 bits per heavy atom. The fourth-order valence-corrected chi connectivity index (χ4v) is 3.87. The first-order chi connectivity index (χ1) is 10.1. The molecule has 0 bridgehead atoms. The summed E-state index contributed by atoms with van der Waals surface area (Å²) in [5.41, 5.74) is 0.989. The highest BCUT2D eigenvalue weighted by Crippen LogP contribution is 2.38. The van der Waals surface area contributed by atoms with Crippen LogP contribution in [0.25, 0.3) is 0 Å². The van der Waals surface area contributed by atoms with Crippen LogP contribution in [0.3, 0.4) is 0 Å². The smallest absolute Gasteiger partial charge is 0.119 e. The third kappa shape index (κ3) is 3.58. The van der Waals surface area contributed by atoms with E-state index in [1.165, 1.54) is 32.4 Å². The van der Waals surface area contributed by atoms with Gasteiger partial charge >= 0.3 is 0 Å². The Labute approximate surface area is 127 Å². The minimum absolute atomic E-state index is 0.185. The third-order valence-corrected chi connectivity index (χ3v) is 4.87. The van der Waals surface area contributed by atoms with Gasteiger partial charge in [0.25, 0.3) is 0 Å². The van der Waals surface area contributed by atoms with E-state index in [0.717, 1.165) is 29.7 Å². The van der Waals surface area contributed by atoms with Crippen molar-refractivity contribution in [2.75, 3.05) is 19.6 Å². The van der Waals surface area contributed by atoms with Gasteiger partial charge in [-0.05, 0) is 56.2 Å². The van der Waals surface area contributed by atoms with Crippen LogP contribution in [0, 0.1) is 11.8 Å². The Morgan fingerprint density at radius 2 is 1.76 bits per heavy atom. The molecule has 1 aromatic rings. The maximum atomic E-state index is 10.4. The molecule has 0 radical (unpaired) electrons. The average Bonchev–Trinajstić information content (AvgIpc) is 2.99. The second-order valence-corrected chi connectivity index (χ2v) is 6.92. The van der Waals surface area contributed by atoms with Crippen molar-refractivity contribution >= 4 is 0 Å². The number of hydrogen-bond acceptors (Lipinski definition) is 3. The van der Waals surface area contributed by atoms with Crippen molar-refractivity contribution < 1.29 is 9.84 Å². The van der Waals surface area contributed by atoms with Crippen molar-refractivity contribution in [1.29, 1.82) is 0 Å². The summed E-state index contributed by atoms with van der Waals surface area (Å²) in [7, 11) is 0. The average molecular weight is 289 g/mol. The van der Waals surface area contributed by atoms with E-state index in [1.807, 2.05) is 38.1 Å². The van der Waals surface area contributed by atoms with Gasteiger partial charge in [0.15, 0.2) is 0 Å². The van der Waals surface area contributed by atoms with Crippen LogP contribution in [-0.4, -0.2) is 35.7 Å². The number of hydrogen-bond donors (Lipinski definition) is 1. The third-order valence-electron chi connectivity index (χ3n) is 4.87. The van der Waals surface area contributed by atoms with Crippen LogP contribution >= 0.6 is 0 Å². The highest BCUT2D eigenvalue weighted by atomic mass is 16.5. The number of benzene rings is 1. The van der Waals surface area contributed by atoms with Gasteiger partial charge in [-0.2, -0.15) is 0 Å². The summed E-state index contributed by atoms with van der Waals surface area (Å²) in [5, 5.41) is 10.4. The van der Waals surface area contributed by atoms with Crippen molar-refractivity contribution in [3.05, 3.63) is 29.8 Å². The second-order valence-electron chi connectivity index (χ2n) is 6.92. The number of aliphatic hydroxyl groups is 1. The molecule has 116 valence electrons. The summed E-state index contributed by atoms with van der Waals surface area (Å²) >= 11 is 0. The number of rotatable bonds is 5. The van der Waals surface area contributed by atoms with Crippen molar-refractivity contribution in [2.24, 2.45) is 11.8 Å². The molecular weight excluding hydrogens is 262 g/mol. The van der Waals surface area contributed by atoms with E-state index >= 15 is 0 Å². The number of ether oxygens (including phenoxy) is 1. The van der Waals surface area contributed by atoms with E-state index in [9.17, 15) is 5.11 Å². The molecule has 1 aliphatic heterocycles. The van der Waals surface area contributed by atoms with Gasteiger partial charge in [-0.25, -0.2) is 0 Å². The molecule has 1 saturated heterocycles. The Balaban J connectivity index is 1.54. The Morgan fingerprint density at radius 3 is 2.33 bits per heavy atom. The van der Waals surface area contributed by atoms with E-state index in [1.54, 1.807) is 0 Å². The van der Waals surface area contributed by atoms with Crippen LogP contribution in [0.1, 0.15) is 44.8 Å². The van der Waals surface area contributed by atoms with Crippen molar-refractivity contribution in [3.8, 4) is 5.75 Å². The molecule has 1 heterocycles. The first-order valence-corrected chi connectivity index (χ1v) is 8.29. The Bertz CT molecular complexity index is 445. The summed E-state index contributed by atoms with van der Waals surface area (Å²) in [6.07, 6.45) is 3.97. The molecule has 3 unspecified atom stereocenters. The first-order valence-electron chi connectivity index (χ1n) is 8.29. The second kappa shape index (κ2) is 6.37. The number of likely N-dealkylation sites (tertiary alicyclic amines) is 1. The maximum Gasteiger partial charge on any atom is 0.119 e. The standard InChI is InChI=1S/C18H27NO2/c1-13(2)21-17-8-6-14(7-9-17)18(20)12-19-10-15-4-3-5-16(15)11-19/h6-9,13,15-16,18,20H,3-5,10-12H2,1-2H3. The number of β-amino-alcohol motifs (C(OH)–C–C–N with tert-alkyl or cyclic N) is 1. The van der Waals surface area contributed by atoms with Gasteiger partial charge in [0.2, 0.25) is 0 Å². The van der Waals surface area contributed by atoms with E-state index in [4.69, 9.17) is 4.74 Å².